The third-order valence-electron chi connectivity index (χ3n) is 8.75. The van der Waals surface area contributed by atoms with E-state index in [1.54, 1.807) is 0 Å². The standard InChI is InChI=1S/C33H39F6N5O3/c1-22(41-47-21-31(2,3)43-10-12-46-13-11-43)19-42-8-9-44(27(20-42)16-24-18-40-29-7-5-4-6-28(24)29)30(45)23-14-25(32(34,35)36)17-26(15-23)33(37,38)39/h4-7,14-15,17-18,27,40H,8-13,16,19-21H2,1-3H3/b41-22-/t27-/m1/s1. The lowest BCUT2D eigenvalue weighted by Crippen LogP contribution is -2.56. The maximum absolute atomic E-state index is 13.8. The first kappa shape index (κ1) is 34.7. The average molecular weight is 668 g/mol. The van der Waals surface area contributed by atoms with E-state index in [-0.39, 0.29) is 18.2 Å². The van der Waals surface area contributed by atoms with Gasteiger partial charge in [-0.25, -0.2) is 0 Å². The Morgan fingerprint density at radius 2 is 1.64 bits per heavy atom. The van der Waals surface area contributed by atoms with E-state index in [4.69, 9.17) is 9.57 Å². The van der Waals surface area contributed by atoms with Crippen LogP contribution in [0.25, 0.3) is 10.9 Å². The number of benzene rings is 2. The van der Waals surface area contributed by atoms with Crippen LogP contribution in [0.1, 0.15) is 47.8 Å². The summed E-state index contributed by atoms with van der Waals surface area (Å²) in [6.45, 7) is 10.5. The monoisotopic (exact) mass is 667 g/mol. The van der Waals surface area contributed by atoms with Crippen LogP contribution in [-0.4, -0.2) is 102 Å². The van der Waals surface area contributed by atoms with Crippen molar-refractivity contribution in [2.45, 2.75) is 51.1 Å². The third-order valence-corrected chi connectivity index (χ3v) is 8.75. The van der Waals surface area contributed by atoms with Gasteiger partial charge < -0.3 is 19.5 Å². The zero-order valence-electron chi connectivity index (χ0n) is 26.5. The minimum Gasteiger partial charge on any atom is -0.394 e. The fourth-order valence-electron chi connectivity index (χ4n) is 6.22. The Bertz CT molecular complexity index is 1550. The highest BCUT2D eigenvalue weighted by Gasteiger charge is 2.39. The van der Waals surface area contributed by atoms with Gasteiger partial charge in [0.1, 0.15) is 6.61 Å². The molecule has 0 aliphatic carbocycles. The molecule has 0 radical (unpaired) electrons. The molecule has 0 saturated carbocycles. The van der Waals surface area contributed by atoms with Crippen molar-refractivity contribution in [1.29, 1.82) is 0 Å². The summed E-state index contributed by atoms with van der Waals surface area (Å²) >= 11 is 0. The summed E-state index contributed by atoms with van der Waals surface area (Å²) in [5, 5.41) is 5.25. The largest absolute Gasteiger partial charge is 0.416 e. The average Bonchev–Trinajstić information content (AvgIpc) is 3.43. The maximum Gasteiger partial charge on any atom is 0.416 e. The van der Waals surface area contributed by atoms with Crippen molar-refractivity contribution >= 4 is 22.5 Å². The number of para-hydroxylation sites is 1. The van der Waals surface area contributed by atoms with Crippen LogP contribution in [0.4, 0.5) is 26.3 Å². The lowest BCUT2D eigenvalue weighted by atomic mass is 9.98. The number of aromatic nitrogens is 1. The number of morpholine rings is 1. The van der Waals surface area contributed by atoms with Crippen LogP contribution in [0.5, 0.6) is 0 Å². The number of piperazine rings is 1. The third kappa shape index (κ3) is 8.46. The number of nitrogens with zero attached hydrogens (tertiary/aromatic N) is 4. The molecule has 47 heavy (non-hydrogen) atoms. The molecule has 2 aliphatic rings. The van der Waals surface area contributed by atoms with Gasteiger partial charge in [0, 0.05) is 68.0 Å². The zero-order valence-corrected chi connectivity index (χ0v) is 26.5. The molecule has 2 aliphatic heterocycles. The number of fused-ring (bicyclic) bond motifs is 1. The van der Waals surface area contributed by atoms with Gasteiger partial charge in [-0.15, -0.1) is 0 Å². The SMILES string of the molecule is C/C(CN1CCN(C(=O)c2cc(C(F)(F)F)cc(C(F)(F)F)c2)[C@H](Cc2c[nH]c3ccccc23)C1)=N/OCC(C)(C)N1CCOCC1. The highest BCUT2D eigenvalue weighted by atomic mass is 19.4. The van der Waals surface area contributed by atoms with Gasteiger partial charge in [0.05, 0.1) is 35.6 Å². The summed E-state index contributed by atoms with van der Waals surface area (Å²) in [5.41, 5.74) is -1.50. The number of amides is 1. The Morgan fingerprint density at radius 3 is 2.30 bits per heavy atom. The van der Waals surface area contributed by atoms with E-state index in [1.807, 2.05) is 37.4 Å². The number of carbonyl (C=O) groups excluding carboxylic acids is 1. The number of ether oxygens (including phenoxy) is 1. The van der Waals surface area contributed by atoms with Crippen LogP contribution in [-0.2, 0) is 28.3 Å². The molecule has 2 aromatic carbocycles. The number of carbonyl (C=O) groups is 1. The zero-order chi connectivity index (χ0) is 34.0. The van der Waals surface area contributed by atoms with Crippen molar-refractivity contribution in [3.8, 4) is 0 Å². The minimum atomic E-state index is -5.06. The van der Waals surface area contributed by atoms with Crippen LogP contribution >= 0.6 is 0 Å². The maximum atomic E-state index is 13.8. The van der Waals surface area contributed by atoms with Crippen molar-refractivity contribution in [3.05, 3.63) is 70.9 Å². The second-order valence-corrected chi connectivity index (χ2v) is 12.8. The number of aromatic amines is 1. The van der Waals surface area contributed by atoms with Crippen LogP contribution in [0.3, 0.4) is 0 Å². The van der Waals surface area contributed by atoms with Crippen molar-refractivity contribution in [3.63, 3.8) is 0 Å². The molecule has 5 rings (SSSR count). The van der Waals surface area contributed by atoms with Crippen LogP contribution in [0.15, 0.2) is 53.8 Å². The van der Waals surface area contributed by atoms with Gasteiger partial charge in [-0.1, -0.05) is 23.4 Å². The smallest absolute Gasteiger partial charge is 0.394 e. The molecule has 3 heterocycles. The van der Waals surface area contributed by atoms with Crippen molar-refractivity contribution in [1.82, 2.24) is 19.7 Å². The van der Waals surface area contributed by atoms with E-state index in [0.717, 1.165) is 29.6 Å². The first-order valence-electron chi connectivity index (χ1n) is 15.5. The summed E-state index contributed by atoms with van der Waals surface area (Å²) in [7, 11) is 0. The molecule has 256 valence electrons. The molecule has 1 aromatic heterocycles. The topological polar surface area (TPSA) is 73.4 Å². The number of oxime groups is 1. The van der Waals surface area contributed by atoms with Crippen molar-refractivity contribution in [2.24, 2.45) is 5.16 Å². The Hall–Kier alpha value is -3.62. The molecule has 2 saturated heterocycles. The molecule has 0 unspecified atom stereocenters. The minimum absolute atomic E-state index is 0.0321. The first-order valence-corrected chi connectivity index (χ1v) is 15.5. The summed E-state index contributed by atoms with van der Waals surface area (Å²) < 4.78 is 87.1. The fraction of sp³-hybridized carbons (Fsp3) is 0.515. The van der Waals surface area contributed by atoms with Crippen molar-refractivity contribution < 1.29 is 40.7 Å². The van der Waals surface area contributed by atoms with Gasteiger partial charge in [0.25, 0.3) is 5.91 Å². The molecule has 0 bridgehead atoms. The van der Waals surface area contributed by atoms with Crippen LogP contribution in [0, 0.1) is 0 Å². The molecule has 8 nitrogen and oxygen atoms in total. The molecule has 14 heteroatoms. The summed E-state index contributed by atoms with van der Waals surface area (Å²) in [5.74, 6) is -0.884. The second-order valence-electron chi connectivity index (χ2n) is 12.8. The molecule has 1 N–H and O–H groups in total. The van der Waals surface area contributed by atoms with Crippen LogP contribution < -0.4 is 0 Å². The fourth-order valence-corrected chi connectivity index (χ4v) is 6.22. The van der Waals surface area contributed by atoms with Crippen LogP contribution in [0.2, 0.25) is 0 Å². The summed E-state index contributed by atoms with van der Waals surface area (Å²) in [6, 6.07) is 8.05. The quantitative estimate of drug-likeness (QED) is 0.170. The lowest BCUT2D eigenvalue weighted by molar-refractivity contribution is -0.143. The Kier molecular flexibility index (Phi) is 10.2. The summed E-state index contributed by atoms with van der Waals surface area (Å²) in [4.78, 5) is 28.4. The van der Waals surface area contributed by atoms with Gasteiger partial charge in [-0.3, -0.25) is 14.6 Å². The van der Waals surface area contributed by atoms with E-state index in [1.165, 1.54) is 4.90 Å². The predicted molar refractivity (Wildman–Crippen MR) is 165 cm³/mol. The molecular weight excluding hydrogens is 628 g/mol. The molecule has 1 atom stereocenters. The predicted octanol–water partition coefficient (Wildman–Crippen LogP) is 6.08. The number of H-pyrrole nitrogens is 1. The Balaban J connectivity index is 1.35. The second kappa shape index (κ2) is 13.9. The van der Waals surface area contributed by atoms with E-state index in [0.29, 0.717) is 63.7 Å². The van der Waals surface area contributed by atoms with E-state index in [9.17, 15) is 31.1 Å². The number of rotatable bonds is 9. The summed E-state index contributed by atoms with van der Waals surface area (Å²) in [6.07, 6.45) is -7.98. The molecule has 3 aromatic rings. The molecular formula is C33H39F6N5O3. The Morgan fingerprint density at radius 1 is 0.979 bits per heavy atom. The van der Waals surface area contributed by atoms with Gasteiger partial charge in [-0.05, 0) is 57.0 Å². The lowest BCUT2D eigenvalue weighted by Gasteiger charge is -2.42. The number of hydrogen-bond donors (Lipinski definition) is 1. The van der Waals surface area contributed by atoms with Gasteiger partial charge >= 0.3 is 12.4 Å². The molecule has 0 spiro atoms. The van der Waals surface area contributed by atoms with E-state index < -0.39 is 41.0 Å². The molecule has 1 amide bonds. The highest BCUT2D eigenvalue weighted by Crippen LogP contribution is 2.37. The number of halogens is 6. The van der Waals surface area contributed by atoms with Gasteiger partial charge in [0.2, 0.25) is 0 Å². The Labute approximate surface area is 269 Å². The van der Waals surface area contributed by atoms with E-state index in [2.05, 4.69) is 33.8 Å². The highest BCUT2D eigenvalue weighted by molar-refractivity contribution is 5.95. The van der Waals surface area contributed by atoms with Gasteiger partial charge in [0.15, 0.2) is 0 Å². The normalized spacial score (nSPS) is 19.4. The van der Waals surface area contributed by atoms with Crippen molar-refractivity contribution in [2.75, 3.05) is 59.1 Å². The number of nitrogens with one attached hydrogen (secondary N) is 1. The number of hydrogen-bond acceptors (Lipinski definition) is 6. The van der Waals surface area contributed by atoms with E-state index >= 15 is 0 Å². The molecule has 2 fully saturated rings. The number of alkyl halides is 6. The first-order chi connectivity index (χ1) is 22.1. The van der Waals surface area contributed by atoms with Gasteiger partial charge in [-0.2, -0.15) is 26.3 Å².